The van der Waals surface area contributed by atoms with Crippen molar-refractivity contribution >= 4 is 17.6 Å². The molecule has 1 saturated heterocycles. The van der Waals surface area contributed by atoms with Crippen molar-refractivity contribution in [3.8, 4) is 0 Å². The molecule has 1 fully saturated rings. The second kappa shape index (κ2) is 7.29. The Labute approximate surface area is 140 Å². The second-order valence-electron chi connectivity index (χ2n) is 5.94. The van der Waals surface area contributed by atoms with E-state index >= 15 is 0 Å². The first kappa shape index (κ1) is 16.2. The Morgan fingerprint density at radius 3 is 3.04 bits per heavy atom. The zero-order valence-corrected chi connectivity index (χ0v) is 13.7. The van der Waals surface area contributed by atoms with Crippen molar-refractivity contribution in [2.45, 2.75) is 45.2 Å². The lowest BCUT2D eigenvalue weighted by molar-refractivity contribution is -0.145. The fourth-order valence-electron chi connectivity index (χ4n) is 3.09. The summed E-state index contributed by atoms with van der Waals surface area (Å²) in [5.74, 6) is -0.583. The number of nitrogens with zero attached hydrogens (tertiary/aromatic N) is 4. The number of anilines is 1. The van der Waals surface area contributed by atoms with Crippen LogP contribution in [0, 0.1) is 0 Å². The summed E-state index contributed by atoms with van der Waals surface area (Å²) < 4.78 is 1.69. The van der Waals surface area contributed by atoms with Gasteiger partial charge in [0.1, 0.15) is 5.82 Å². The van der Waals surface area contributed by atoms with Crippen molar-refractivity contribution in [3.63, 3.8) is 0 Å². The van der Waals surface area contributed by atoms with E-state index in [1.54, 1.807) is 34.2 Å². The number of H-pyrrole nitrogens is 1. The minimum atomic E-state index is -0.622. The van der Waals surface area contributed by atoms with Crippen LogP contribution < -0.4 is 5.32 Å². The van der Waals surface area contributed by atoms with E-state index in [0.29, 0.717) is 18.9 Å². The number of hydrogen-bond donors (Lipinski definition) is 2. The molecule has 8 nitrogen and oxygen atoms in total. The molecule has 2 aromatic heterocycles. The molecular formula is C16H22N6O2. The number of likely N-dealkylation sites (tertiary alicyclic amines) is 1. The van der Waals surface area contributed by atoms with Gasteiger partial charge in [-0.3, -0.25) is 14.7 Å². The molecule has 2 N–H and O–H groups in total. The van der Waals surface area contributed by atoms with Crippen LogP contribution >= 0.6 is 0 Å². The van der Waals surface area contributed by atoms with Gasteiger partial charge in [-0.1, -0.05) is 6.92 Å². The van der Waals surface area contributed by atoms with Crippen LogP contribution in [0.4, 0.5) is 5.82 Å². The third-order valence-electron chi connectivity index (χ3n) is 4.26. The molecule has 1 atom stereocenters. The molecule has 0 bridgehead atoms. The fourth-order valence-corrected chi connectivity index (χ4v) is 3.09. The predicted octanol–water partition coefficient (Wildman–Crippen LogP) is 1.71. The van der Waals surface area contributed by atoms with Crippen molar-refractivity contribution in [1.82, 2.24) is 24.9 Å². The Kier molecular flexibility index (Phi) is 4.93. The highest BCUT2D eigenvalue weighted by Gasteiger charge is 2.32. The van der Waals surface area contributed by atoms with Gasteiger partial charge in [0.05, 0.1) is 18.4 Å². The van der Waals surface area contributed by atoms with Crippen LogP contribution in [-0.2, 0) is 16.1 Å². The first-order chi connectivity index (χ1) is 11.7. The summed E-state index contributed by atoms with van der Waals surface area (Å²) in [6, 6.07) is 1.60. The van der Waals surface area contributed by atoms with Gasteiger partial charge in [-0.25, -0.2) is 4.68 Å². The monoisotopic (exact) mass is 330 g/mol. The van der Waals surface area contributed by atoms with Crippen LogP contribution in [0.3, 0.4) is 0 Å². The lowest BCUT2D eigenvalue weighted by Gasteiger charge is -2.34. The van der Waals surface area contributed by atoms with E-state index in [1.807, 2.05) is 6.92 Å². The molecule has 3 rings (SSSR count). The molecule has 2 aromatic rings. The van der Waals surface area contributed by atoms with E-state index in [1.165, 1.54) is 0 Å². The lowest BCUT2D eigenvalue weighted by Crippen LogP contribution is -2.44. The number of piperidine rings is 1. The molecule has 1 unspecified atom stereocenters. The standard InChI is InChI=1S/C16H22N6O2/c1-2-8-22-14(6-7-19-22)20-15(23)16(24)21-9-4-3-5-13(21)12-10-17-18-11-12/h6-7,10-11,13H,2-5,8-9H2,1H3,(H,17,18)(H,20,23). The number of nitrogens with one attached hydrogen (secondary N) is 2. The molecule has 3 heterocycles. The third-order valence-corrected chi connectivity index (χ3v) is 4.26. The second-order valence-corrected chi connectivity index (χ2v) is 5.94. The van der Waals surface area contributed by atoms with E-state index in [-0.39, 0.29) is 6.04 Å². The summed E-state index contributed by atoms with van der Waals surface area (Å²) in [4.78, 5) is 26.7. The van der Waals surface area contributed by atoms with Crippen molar-refractivity contribution in [2.24, 2.45) is 0 Å². The molecule has 1 aliphatic rings. The summed E-state index contributed by atoms with van der Waals surface area (Å²) in [5, 5.41) is 13.6. The summed E-state index contributed by atoms with van der Waals surface area (Å²) >= 11 is 0. The highest BCUT2D eigenvalue weighted by atomic mass is 16.2. The SMILES string of the molecule is CCCn1nccc1NC(=O)C(=O)N1CCCCC1c1cn[nH]c1. The van der Waals surface area contributed by atoms with E-state index in [9.17, 15) is 9.59 Å². The van der Waals surface area contributed by atoms with Gasteiger partial charge in [0.2, 0.25) is 0 Å². The lowest BCUT2D eigenvalue weighted by atomic mass is 9.97. The van der Waals surface area contributed by atoms with Gasteiger partial charge in [0.15, 0.2) is 0 Å². The molecule has 128 valence electrons. The Bertz CT molecular complexity index is 693. The minimum absolute atomic E-state index is 0.101. The maximum Gasteiger partial charge on any atom is 0.315 e. The van der Waals surface area contributed by atoms with Crippen LogP contribution in [0.1, 0.15) is 44.2 Å². The van der Waals surface area contributed by atoms with Crippen molar-refractivity contribution in [1.29, 1.82) is 0 Å². The summed E-state index contributed by atoms with van der Waals surface area (Å²) in [5.41, 5.74) is 0.937. The molecule has 0 radical (unpaired) electrons. The largest absolute Gasteiger partial charge is 0.327 e. The molecule has 0 spiro atoms. The Morgan fingerprint density at radius 1 is 1.42 bits per heavy atom. The van der Waals surface area contributed by atoms with E-state index in [0.717, 1.165) is 31.2 Å². The minimum Gasteiger partial charge on any atom is -0.327 e. The van der Waals surface area contributed by atoms with Gasteiger partial charge in [-0.2, -0.15) is 10.2 Å². The van der Waals surface area contributed by atoms with Crippen LogP contribution in [0.15, 0.2) is 24.7 Å². The molecule has 2 amide bonds. The number of aromatic nitrogens is 4. The number of aromatic amines is 1. The van der Waals surface area contributed by atoms with Gasteiger partial charge in [0, 0.05) is 30.9 Å². The Balaban J connectivity index is 1.72. The van der Waals surface area contributed by atoms with Gasteiger partial charge in [-0.05, 0) is 25.7 Å². The molecule has 24 heavy (non-hydrogen) atoms. The summed E-state index contributed by atoms with van der Waals surface area (Å²) in [7, 11) is 0. The highest BCUT2D eigenvalue weighted by Crippen LogP contribution is 2.30. The van der Waals surface area contributed by atoms with Crippen LogP contribution in [-0.4, -0.2) is 43.2 Å². The van der Waals surface area contributed by atoms with Crippen molar-refractivity contribution < 1.29 is 9.59 Å². The molecule has 8 heteroatoms. The first-order valence-corrected chi connectivity index (χ1v) is 8.33. The smallest absolute Gasteiger partial charge is 0.315 e. The zero-order valence-electron chi connectivity index (χ0n) is 13.7. The average molecular weight is 330 g/mol. The number of hydrogen-bond acceptors (Lipinski definition) is 4. The Hall–Kier alpha value is -2.64. The topological polar surface area (TPSA) is 95.9 Å². The van der Waals surface area contributed by atoms with Gasteiger partial charge in [-0.15, -0.1) is 0 Å². The number of amides is 2. The average Bonchev–Trinajstić information content (AvgIpc) is 3.27. The van der Waals surface area contributed by atoms with Crippen LogP contribution in [0.25, 0.3) is 0 Å². The molecule has 0 aromatic carbocycles. The number of aryl methyl sites for hydroxylation is 1. The number of carbonyl (C=O) groups excluding carboxylic acids is 2. The Morgan fingerprint density at radius 2 is 2.29 bits per heavy atom. The van der Waals surface area contributed by atoms with Crippen molar-refractivity contribution in [2.75, 3.05) is 11.9 Å². The molecule has 0 saturated carbocycles. The van der Waals surface area contributed by atoms with Crippen LogP contribution in [0.2, 0.25) is 0 Å². The maximum atomic E-state index is 12.7. The zero-order chi connectivity index (χ0) is 16.9. The van der Waals surface area contributed by atoms with Crippen LogP contribution in [0.5, 0.6) is 0 Å². The summed E-state index contributed by atoms with van der Waals surface area (Å²) in [6.07, 6.45) is 8.78. The van der Waals surface area contributed by atoms with E-state index < -0.39 is 11.8 Å². The number of rotatable bonds is 4. The maximum absolute atomic E-state index is 12.7. The van der Waals surface area contributed by atoms with Gasteiger partial charge in [0.25, 0.3) is 0 Å². The number of carbonyl (C=O) groups is 2. The first-order valence-electron chi connectivity index (χ1n) is 8.33. The fraction of sp³-hybridized carbons (Fsp3) is 0.500. The highest BCUT2D eigenvalue weighted by molar-refractivity contribution is 6.39. The quantitative estimate of drug-likeness (QED) is 0.834. The van der Waals surface area contributed by atoms with Crippen molar-refractivity contribution in [3.05, 3.63) is 30.2 Å². The van der Waals surface area contributed by atoms with E-state index in [2.05, 4.69) is 20.6 Å². The molecule has 1 aliphatic heterocycles. The van der Waals surface area contributed by atoms with Gasteiger partial charge < -0.3 is 10.2 Å². The molecule has 0 aliphatic carbocycles. The van der Waals surface area contributed by atoms with Gasteiger partial charge >= 0.3 is 11.8 Å². The predicted molar refractivity (Wildman–Crippen MR) is 88.0 cm³/mol. The normalized spacial score (nSPS) is 17.7. The van der Waals surface area contributed by atoms with E-state index in [4.69, 9.17) is 0 Å². The third kappa shape index (κ3) is 3.32. The molecular weight excluding hydrogens is 308 g/mol. The summed E-state index contributed by atoms with van der Waals surface area (Å²) in [6.45, 7) is 3.30.